The number of amides is 1. The van der Waals surface area contributed by atoms with Gasteiger partial charge in [0.05, 0.1) is 22.9 Å². The molecule has 4 rings (SSSR count). The number of rotatable bonds is 5. The summed E-state index contributed by atoms with van der Waals surface area (Å²) in [6.07, 6.45) is 3.97. The van der Waals surface area contributed by atoms with Crippen LogP contribution in [-0.4, -0.2) is 31.1 Å². The number of hydrogen-bond donors (Lipinski definition) is 1. The smallest absolute Gasteiger partial charge is 0.251 e. The van der Waals surface area contributed by atoms with Crippen LogP contribution in [-0.2, 0) is 6.54 Å². The van der Waals surface area contributed by atoms with Crippen molar-refractivity contribution in [3.8, 4) is 5.69 Å². The van der Waals surface area contributed by atoms with Gasteiger partial charge in [0.15, 0.2) is 0 Å². The lowest BCUT2D eigenvalue weighted by Crippen LogP contribution is -2.23. The summed E-state index contributed by atoms with van der Waals surface area (Å²) in [4.78, 5) is 16.9. The number of nitrogens with zero attached hydrogens (tertiary/aromatic N) is 5. The lowest BCUT2D eigenvalue weighted by molar-refractivity contribution is 0.0950. The van der Waals surface area contributed by atoms with Gasteiger partial charge in [-0.3, -0.25) is 4.79 Å². The molecule has 1 amide bonds. The summed E-state index contributed by atoms with van der Waals surface area (Å²) in [6.45, 7) is 0.442. The maximum atomic E-state index is 12.3. The second kappa shape index (κ2) is 5.88. The van der Waals surface area contributed by atoms with Crippen molar-refractivity contribution in [2.75, 3.05) is 0 Å². The fourth-order valence-corrected chi connectivity index (χ4v) is 3.25. The van der Waals surface area contributed by atoms with Crippen molar-refractivity contribution in [2.24, 2.45) is 0 Å². The predicted octanol–water partition coefficient (Wildman–Crippen LogP) is 1.93. The van der Waals surface area contributed by atoms with E-state index in [4.69, 9.17) is 0 Å². The summed E-state index contributed by atoms with van der Waals surface area (Å²) in [5, 5.41) is 17.1. The first kappa shape index (κ1) is 14.0. The molecule has 0 saturated heterocycles. The molecule has 0 spiro atoms. The SMILES string of the molecule is O=C(NCc1csc(C2CC2)n1)c1cccc(-n2cnnn2)c1. The minimum Gasteiger partial charge on any atom is -0.346 e. The quantitative estimate of drug-likeness (QED) is 0.774. The highest BCUT2D eigenvalue weighted by atomic mass is 32.1. The lowest BCUT2D eigenvalue weighted by atomic mass is 10.2. The van der Waals surface area contributed by atoms with Gasteiger partial charge in [-0.15, -0.1) is 16.4 Å². The van der Waals surface area contributed by atoms with Gasteiger partial charge >= 0.3 is 0 Å². The first-order valence-corrected chi connectivity index (χ1v) is 8.23. The van der Waals surface area contributed by atoms with Gasteiger partial charge in [0.25, 0.3) is 5.91 Å². The van der Waals surface area contributed by atoms with Crippen LogP contribution in [0.5, 0.6) is 0 Å². The Morgan fingerprint density at radius 1 is 1.39 bits per heavy atom. The maximum absolute atomic E-state index is 12.3. The van der Waals surface area contributed by atoms with Gasteiger partial charge in [-0.05, 0) is 41.5 Å². The molecule has 0 radical (unpaired) electrons. The number of benzene rings is 1. The first-order chi connectivity index (χ1) is 11.3. The normalized spacial score (nSPS) is 13.9. The van der Waals surface area contributed by atoms with Gasteiger partial charge in [0, 0.05) is 16.9 Å². The number of aromatic nitrogens is 5. The van der Waals surface area contributed by atoms with E-state index in [9.17, 15) is 4.79 Å². The highest BCUT2D eigenvalue weighted by Crippen LogP contribution is 2.41. The second-order valence-corrected chi connectivity index (χ2v) is 6.33. The number of carbonyl (C=O) groups is 1. The first-order valence-electron chi connectivity index (χ1n) is 7.35. The van der Waals surface area contributed by atoms with E-state index in [2.05, 4.69) is 25.8 Å². The van der Waals surface area contributed by atoms with E-state index in [0.29, 0.717) is 18.0 Å². The fraction of sp³-hybridized carbons (Fsp3) is 0.267. The van der Waals surface area contributed by atoms with Crippen LogP contribution in [0.3, 0.4) is 0 Å². The summed E-state index contributed by atoms with van der Waals surface area (Å²) < 4.78 is 1.51. The Bertz CT molecular complexity index is 824. The lowest BCUT2D eigenvalue weighted by Gasteiger charge is -2.05. The molecule has 1 aliphatic carbocycles. The number of hydrogen-bond acceptors (Lipinski definition) is 6. The van der Waals surface area contributed by atoms with Crippen LogP contribution in [0.1, 0.15) is 39.8 Å². The molecule has 1 aliphatic rings. The third-order valence-electron chi connectivity index (χ3n) is 3.65. The molecule has 3 aromatic rings. The Balaban J connectivity index is 1.43. The molecule has 0 bridgehead atoms. The third-order valence-corrected chi connectivity index (χ3v) is 4.70. The van der Waals surface area contributed by atoms with Gasteiger partial charge in [-0.2, -0.15) is 0 Å². The van der Waals surface area contributed by atoms with Crippen LogP contribution in [0.4, 0.5) is 0 Å². The summed E-state index contributed by atoms with van der Waals surface area (Å²) in [6, 6.07) is 7.16. The molecule has 2 aromatic heterocycles. The molecule has 7 nitrogen and oxygen atoms in total. The topological polar surface area (TPSA) is 85.6 Å². The van der Waals surface area contributed by atoms with Gasteiger partial charge in [-0.1, -0.05) is 6.07 Å². The molecule has 23 heavy (non-hydrogen) atoms. The largest absolute Gasteiger partial charge is 0.346 e. The summed E-state index contributed by atoms with van der Waals surface area (Å²) >= 11 is 1.68. The molecule has 0 unspecified atom stereocenters. The zero-order valence-corrected chi connectivity index (χ0v) is 13.0. The standard InChI is InChI=1S/C15H14N6OS/c22-14(16-7-12-8-23-15(18-12)10-4-5-10)11-2-1-3-13(6-11)21-9-17-19-20-21/h1-3,6,8-10H,4-5,7H2,(H,16,22). The maximum Gasteiger partial charge on any atom is 0.251 e. The van der Waals surface area contributed by atoms with E-state index in [1.807, 2.05) is 11.4 Å². The molecule has 116 valence electrons. The number of nitrogens with one attached hydrogen (secondary N) is 1. The van der Waals surface area contributed by atoms with Gasteiger partial charge < -0.3 is 5.32 Å². The van der Waals surface area contributed by atoms with Crippen molar-refractivity contribution < 1.29 is 4.79 Å². The minimum absolute atomic E-state index is 0.138. The molecular weight excluding hydrogens is 312 g/mol. The highest BCUT2D eigenvalue weighted by molar-refractivity contribution is 7.09. The second-order valence-electron chi connectivity index (χ2n) is 5.44. The van der Waals surface area contributed by atoms with E-state index in [1.165, 1.54) is 28.9 Å². The minimum atomic E-state index is -0.138. The van der Waals surface area contributed by atoms with Crippen LogP contribution in [0.2, 0.25) is 0 Å². The predicted molar refractivity (Wildman–Crippen MR) is 84.4 cm³/mol. The number of thiazole rings is 1. The number of tetrazole rings is 1. The van der Waals surface area contributed by atoms with E-state index in [0.717, 1.165) is 11.4 Å². The van der Waals surface area contributed by atoms with E-state index < -0.39 is 0 Å². The van der Waals surface area contributed by atoms with Crippen LogP contribution in [0, 0.1) is 0 Å². The molecule has 2 heterocycles. The molecule has 0 atom stereocenters. The van der Waals surface area contributed by atoms with Crippen molar-refractivity contribution in [1.29, 1.82) is 0 Å². The molecular formula is C15H14N6OS. The van der Waals surface area contributed by atoms with Crippen LogP contribution in [0.25, 0.3) is 5.69 Å². The summed E-state index contributed by atoms with van der Waals surface area (Å²) in [5.41, 5.74) is 2.23. The van der Waals surface area contributed by atoms with Crippen molar-refractivity contribution in [3.05, 3.63) is 52.2 Å². The Morgan fingerprint density at radius 3 is 3.09 bits per heavy atom. The van der Waals surface area contributed by atoms with Crippen LogP contribution >= 0.6 is 11.3 Å². The van der Waals surface area contributed by atoms with Crippen LogP contribution < -0.4 is 5.32 Å². The molecule has 8 heteroatoms. The van der Waals surface area contributed by atoms with Crippen molar-refractivity contribution >= 4 is 17.2 Å². The molecule has 0 aliphatic heterocycles. The number of carbonyl (C=O) groups excluding carboxylic acids is 1. The zero-order chi connectivity index (χ0) is 15.6. The van der Waals surface area contributed by atoms with E-state index in [1.54, 1.807) is 29.5 Å². The Labute approximate surface area is 136 Å². The van der Waals surface area contributed by atoms with Gasteiger partial charge in [0.2, 0.25) is 0 Å². The Hall–Kier alpha value is -2.61. The molecule has 1 saturated carbocycles. The Kier molecular flexibility index (Phi) is 3.58. The van der Waals surface area contributed by atoms with Crippen molar-refractivity contribution in [2.45, 2.75) is 25.3 Å². The fourth-order valence-electron chi connectivity index (χ4n) is 2.26. The molecule has 1 N–H and O–H groups in total. The summed E-state index contributed by atoms with van der Waals surface area (Å²) in [5.74, 6) is 0.512. The average Bonchev–Trinajstić information content (AvgIpc) is 3.11. The third kappa shape index (κ3) is 3.11. The van der Waals surface area contributed by atoms with E-state index >= 15 is 0 Å². The van der Waals surface area contributed by atoms with Crippen molar-refractivity contribution in [1.82, 2.24) is 30.5 Å². The summed E-state index contributed by atoms with van der Waals surface area (Å²) in [7, 11) is 0. The monoisotopic (exact) mass is 326 g/mol. The molecule has 1 fully saturated rings. The average molecular weight is 326 g/mol. The van der Waals surface area contributed by atoms with E-state index in [-0.39, 0.29) is 5.91 Å². The van der Waals surface area contributed by atoms with Gasteiger partial charge in [-0.25, -0.2) is 9.67 Å². The van der Waals surface area contributed by atoms with Crippen LogP contribution in [0.15, 0.2) is 36.0 Å². The van der Waals surface area contributed by atoms with Crippen molar-refractivity contribution in [3.63, 3.8) is 0 Å². The Morgan fingerprint density at radius 2 is 2.30 bits per heavy atom. The molecule has 1 aromatic carbocycles. The highest BCUT2D eigenvalue weighted by Gasteiger charge is 2.26. The van der Waals surface area contributed by atoms with Gasteiger partial charge in [0.1, 0.15) is 6.33 Å². The zero-order valence-electron chi connectivity index (χ0n) is 12.2.